The SMILES string of the molecule is CCCCCCCCCCCC/C=C\CC[C@@H](O)[C@H]1CC[C@H]([C@H](O)CC[C@H](O)CCCCC[C@H]2CC(CC(C)=O)C(=O)O2)O1. The number of aliphatic hydroxyl groups is 3. The number of ketones is 1. The van der Waals surface area contributed by atoms with Gasteiger partial charge < -0.3 is 29.6 Å². The molecule has 7 nitrogen and oxygen atoms in total. The van der Waals surface area contributed by atoms with Gasteiger partial charge in [-0.3, -0.25) is 4.79 Å². The van der Waals surface area contributed by atoms with Crippen molar-refractivity contribution in [1.29, 1.82) is 0 Å². The van der Waals surface area contributed by atoms with E-state index in [2.05, 4.69) is 19.1 Å². The summed E-state index contributed by atoms with van der Waals surface area (Å²) in [6.45, 7) is 3.77. The van der Waals surface area contributed by atoms with Crippen LogP contribution in [0.2, 0.25) is 0 Å². The minimum absolute atomic E-state index is 0.0247. The maximum Gasteiger partial charge on any atom is 0.309 e. The zero-order valence-electron chi connectivity index (χ0n) is 28.1. The lowest BCUT2D eigenvalue weighted by molar-refractivity contribution is -0.145. The van der Waals surface area contributed by atoms with E-state index >= 15 is 0 Å². The van der Waals surface area contributed by atoms with Crippen LogP contribution in [0.25, 0.3) is 0 Å². The summed E-state index contributed by atoms with van der Waals surface area (Å²) in [6.07, 6.45) is 26.2. The predicted molar refractivity (Wildman–Crippen MR) is 176 cm³/mol. The van der Waals surface area contributed by atoms with Gasteiger partial charge in [-0.1, -0.05) is 89.7 Å². The van der Waals surface area contributed by atoms with Crippen LogP contribution in [0.3, 0.4) is 0 Å². The third kappa shape index (κ3) is 17.4. The van der Waals surface area contributed by atoms with Crippen molar-refractivity contribution in [2.45, 2.75) is 205 Å². The quantitative estimate of drug-likeness (QED) is 0.0485. The van der Waals surface area contributed by atoms with Crippen molar-refractivity contribution < 1.29 is 34.4 Å². The molecule has 0 radical (unpaired) electrons. The molecular weight excluding hydrogens is 556 g/mol. The summed E-state index contributed by atoms with van der Waals surface area (Å²) < 4.78 is 11.4. The highest BCUT2D eigenvalue weighted by molar-refractivity contribution is 5.83. The number of cyclic esters (lactones) is 1. The molecule has 2 saturated heterocycles. The Labute approximate surface area is 268 Å². The molecule has 0 aliphatic carbocycles. The molecular formula is C37H66O7. The highest BCUT2D eigenvalue weighted by Crippen LogP contribution is 2.29. The maximum absolute atomic E-state index is 11.9. The summed E-state index contributed by atoms with van der Waals surface area (Å²) in [4.78, 5) is 23.1. The summed E-state index contributed by atoms with van der Waals surface area (Å²) in [6, 6.07) is 0. The van der Waals surface area contributed by atoms with Crippen LogP contribution < -0.4 is 0 Å². The van der Waals surface area contributed by atoms with E-state index in [0.29, 0.717) is 32.1 Å². The summed E-state index contributed by atoms with van der Waals surface area (Å²) in [7, 11) is 0. The Morgan fingerprint density at radius 2 is 1.36 bits per heavy atom. The molecule has 0 aromatic carbocycles. The van der Waals surface area contributed by atoms with Gasteiger partial charge in [0.2, 0.25) is 0 Å². The van der Waals surface area contributed by atoms with Crippen molar-refractivity contribution in [3.05, 3.63) is 12.2 Å². The van der Waals surface area contributed by atoms with E-state index in [1.807, 2.05) is 0 Å². The maximum atomic E-state index is 11.9. The number of hydrogen-bond donors (Lipinski definition) is 3. The fourth-order valence-corrected chi connectivity index (χ4v) is 6.73. The largest absolute Gasteiger partial charge is 0.462 e. The Morgan fingerprint density at radius 1 is 0.773 bits per heavy atom. The molecule has 2 fully saturated rings. The van der Waals surface area contributed by atoms with Crippen LogP contribution in [-0.4, -0.2) is 63.7 Å². The van der Waals surface area contributed by atoms with E-state index in [1.54, 1.807) is 0 Å². The molecule has 2 aliphatic rings. The van der Waals surface area contributed by atoms with Crippen LogP contribution in [0.1, 0.15) is 168 Å². The van der Waals surface area contributed by atoms with Crippen molar-refractivity contribution in [3.63, 3.8) is 0 Å². The lowest BCUT2D eigenvalue weighted by Gasteiger charge is -2.22. The molecule has 44 heavy (non-hydrogen) atoms. The second kappa shape index (κ2) is 24.0. The third-order valence-electron chi connectivity index (χ3n) is 9.52. The van der Waals surface area contributed by atoms with Crippen LogP contribution in [0.15, 0.2) is 12.2 Å². The van der Waals surface area contributed by atoms with E-state index in [4.69, 9.17) is 9.47 Å². The Hall–Kier alpha value is -1.28. The number of aliphatic hydroxyl groups excluding tert-OH is 3. The zero-order valence-corrected chi connectivity index (χ0v) is 28.1. The molecule has 0 aromatic rings. The average Bonchev–Trinajstić information content (AvgIpc) is 3.62. The molecule has 2 rings (SSSR count). The van der Waals surface area contributed by atoms with Gasteiger partial charge in [-0.25, -0.2) is 0 Å². The monoisotopic (exact) mass is 622 g/mol. The molecule has 2 heterocycles. The number of esters is 1. The smallest absolute Gasteiger partial charge is 0.309 e. The van der Waals surface area contributed by atoms with Gasteiger partial charge in [0, 0.05) is 6.42 Å². The van der Waals surface area contributed by atoms with Gasteiger partial charge in [-0.05, 0) is 84.0 Å². The number of rotatable bonds is 27. The number of carbonyl (C=O) groups is 2. The zero-order chi connectivity index (χ0) is 32.0. The van der Waals surface area contributed by atoms with Gasteiger partial charge in [-0.15, -0.1) is 0 Å². The molecule has 7 atom stereocenters. The first-order valence-corrected chi connectivity index (χ1v) is 18.3. The van der Waals surface area contributed by atoms with Crippen LogP contribution in [0.5, 0.6) is 0 Å². The molecule has 256 valence electrons. The molecule has 2 aliphatic heterocycles. The number of Topliss-reactive ketones (excluding diaryl/α,β-unsaturated/α-hetero) is 1. The number of unbranched alkanes of at least 4 members (excludes halogenated alkanes) is 12. The molecule has 0 spiro atoms. The molecule has 0 amide bonds. The molecule has 0 aromatic heterocycles. The second-order valence-corrected chi connectivity index (χ2v) is 13.7. The second-order valence-electron chi connectivity index (χ2n) is 13.7. The van der Waals surface area contributed by atoms with Crippen molar-refractivity contribution >= 4 is 11.8 Å². The first-order valence-electron chi connectivity index (χ1n) is 18.3. The average molecular weight is 623 g/mol. The van der Waals surface area contributed by atoms with Gasteiger partial charge in [0.05, 0.1) is 36.4 Å². The molecule has 0 saturated carbocycles. The number of carbonyl (C=O) groups excluding carboxylic acids is 2. The summed E-state index contributed by atoms with van der Waals surface area (Å²) in [5.41, 5.74) is 0. The predicted octanol–water partition coefficient (Wildman–Crippen LogP) is 7.91. The van der Waals surface area contributed by atoms with E-state index < -0.39 is 18.3 Å². The van der Waals surface area contributed by atoms with E-state index in [9.17, 15) is 24.9 Å². The first-order chi connectivity index (χ1) is 21.3. The Morgan fingerprint density at radius 3 is 2.02 bits per heavy atom. The van der Waals surface area contributed by atoms with Gasteiger partial charge >= 0.3 is 5.97 Å². The number of hydrogen-bond acceptors (Lipinski definition) is 7. The van der Waals surface area contributed by atoms with Crippen LogP contribution in [-0.2, 0) is 19.1 Å². The third-order valence-corrected chi connectivity index (χ3v) is 9.52. The van der Waals surface area contributed by atoms with Crippen LogP contribution in [0, 0.1) is 5.92 Å². The topological polar surface area (TPSA) is 113 Å². The minimum Gasteiger partial charge on any atom is -0.462 e. The summed E-state index contributed by atoms with van der Waals surface area (Å²) >= 11 is 0. The van der Waals surface area contributed by atoms with E-state index in [0.717, 1.165) is 51.4 Å². The van der Waals surface area contributed by atoms with Crippen molar-refractivity contribution in [3.8, 4) is 0 Å². The van der Waals surface area contributed by atoms with E-state index in [1.165, 1.54) is 71.1 Å². The normalized spacial score (nSPS) is 24.2. The highest BCUT2D eigenvalue weighted by Gasteiger charge is 2.35. The Bertz CT molecular complexity index is 784. The standard InChI is InChI=1S/C37H66O7/c1-3-4-5-6-7-8-9-10-11-12-13-14-15-19-22-33(40)35-25-26-36(44-35)34(41)24-23-31(39)20-17-16-18-21-32-28-30(27-29(2)38)37(42)43-32/h14-15,30-36,39-41H,3-13,16-28H2,1-2H3/b15-14-/t30?,31-,32+,33-,34-,35-,36-/m1/s1. The van der Waals surface area contributed by atoms with Gasteiger partial charge in [-0.2, -0.15) is 0 Å². The first kappa shape index (κ1) is 38.9. The van der Waals surface area contributed by atoms with Crippen LogP contribution in [0.4, 0.5) is 0 Å². The minimum atomic E-state index is -0.622. The fraction of sp³-hybridized carbons (Fsp3) is 0.892. The Balaban J connectivity index is 1.43. The van der Waals surface area contributed by atoms with Crippen LogP contribution >= 0.6 is 0 Å². The van der Waals surface area contributed by atoms with Crippen molar-refractivity contribution in [2.75, 3.05) is 0 Å². The fourth-order valence-electron chi connectivity index (χ4n) is 6.73. The highest BCUT2D eigenvalue weighted by atomic mass is 16.6. The lowest BCUT2D eigenvalue weighted by atomic mass is 9.96. The lowest BCUT2D eigenvalue weighted by Crippen LogP contribution is -2.31. The van der Waals surface area contributed by atoms with Gasteiger partial charge in [0.1, 0.15) is 11.9 Å². The van der Waals surface area contributed by atoms with Gasteiger partial charge in [0.25, 0.3) is 0 Å². The molecule has 0 bridgehead atoms. The molecule has 1 unspecified atom stereocenters. The van der Waals surface area contributed by atoms with E-state index in [-0.39, 0.29) is 42.4 Å². The molecule has 3 N–H and O–H groups in total. The summed E-state index contributed by atoms with van der Waals surface area (Å²) in [5.74, 6) is -0.496. The number of allylic oxidation sites excluding steroid dienone is 2. The Kier molecular flexibility index (Phi) is 21.2. The van der Waals surface area contributed by atoms with Gasteiger partial charge in [0.15, 0.2) is 0 Å². The van der Waals surface area contributed by atoms with Crippen molar-refractivity contribution in [2.24, 2.45) is 5.92 Å². The number of ether oxygens (including phenoxy) is 2. The molecule has 7 heteroatoms. The summed E-state index contributed by atoms with van der Waals surface area (Å²) in [5, 5.41) is 31.7. The van der Waals surface area contributed by atoms with Crippen molar-refractivity contribution in [1.82, 2.24) is 0 Å².